The molecule has 0 atom stereocenters. The summed E-state index contributed by atoms with van der Waals surface area (Å²) in [5.41, 5.74) is 5.49. The molecule has 1 amide bonds. The summed E-state index contributed by atoms with van der Waals surface area (Å²) < 4.78 is 17.6. The zero-order valence-corrected chi connectivity index (χ0v) is 22.2. The van der Waals surface area contributed by atoms with Crippen molar-refractivity contribution in [2.24, 2.45) is 5.10 Å². The van der Waals surface area contributed by atoms with Crippen LogP contribution in [0.25, 0.3) is 0 Å². The third-order valence-corrected chi connectivity index (χ3v) is 6.00. The lowest BCUT2D eigenvalue weighted by Gasteiger charge is -2.13. The van der Waals surface area contributed by atoms with E-state index in [-0.39, 0.29) is 12.5 Å². The van der Waals surface area contributed by atoms with Gasteiger partial charge in [-0.2, -0.15) is 5.10 Å². The van der Waals surface area contributed by atoms with Crippen molar-refractivity contribution in [3.05, 3.63) is 123 Å². The van der Waals surface area contributed by atoms with Gasteiger partial charge in [-0.05, 0) is 60.5 Å². The van der Waals surface area contributed by atoms with E-state index in [4.69, 9.17) is 37.4 Å². The molecule has 0 aliphatic rings. The fourth-order valence-electron chi connectivity index (χ4n) is 3.53. The van der Waals surface area contributed by atoms with Gasteiger partial charge >= 0.3 is 0 Å². The zero-order chi connectivity index (χ0) is 26.7. The molecule has 0 aromatic heterocycles. The van der Waals surface area contributed by atoms with E-state index in [9.17, 15) is 4.79 Å². The van der Waals surface area contributed by atoms with Crippen LogP contribution in [0.3, 0.4) is 0 Å². The fourth-order valence-corrected chi connectivity index (χ4v) is 3.99. The molecule has 4 aromatic carbocycles. The molecule has 0 radical (unpaired) electrons. The molecule has 0 aliphatic carbocycles. The second-order valence-corrected chi connectivity index (χ2v) is 8.98. The Kier molecular flexibility index (Phi) is 9.62. The predicted octanol–water partition coefficient (Wildman–Crippen LogP) is 7.31. The van der Waals surface area contributed by atoms with E-state index >= 15 is 0 Å². The van der Waals surface area contributed by atoms with Crippen LogP contribution in [0.1, 0.15) is 34.0 Å². The number of nitrogens with one attached hydrogen (secondary N) is 1. The van der Waals surface area contributed by atoms with Gasteiger partial charge in [-0.1, -0.05) is 71.7 Å². The molecule has 4 rings (SSSR count). The number of hydrazone groups is 1. The van der Waals surface area contributed by atoms with Gasteiger partial charge < -0.3 is 14.2 Å². The third-order valence-electron chi connectivity index (χ3n) is 5.41. The Hall–Kier alpha value is -4.00. The van der Waals surface area contributed by atoms with Crippen molar-refractivity contribution in [3.8, 4) is 17.2 Å². The van der Waals surface area contributed by atoms with Crippen molar-refractivity contribution in [2.45, 2.75) is 20.1 Å². The summed E-state index contributed by atoms with van der Waals surface area (Å²) in [4.78, 5) is 12.8. The molecule has 0 heterocycles. The quantitative estimate of drug-likeness (QED) is 0.157. The zero-order valence-electron chi connectivity index (χ0n) is 20.7. The number of rotatable bonds is 11. The van der Waals surface area contributed by atoms with E-state index in [1.807, 2.05) is 55.5 Å². The second kappa shape index (κ2) is 13.5. The van der Waals surface area contributed by atoms with E-state index < -0.39 is 0 Å². The van der Waals surface area contributed by atoms with Gasteiger partial charge in [0.2, 0.25) is 0 Å². The van der Waals surface area contributed by atoms with Gasteiger partial charge in [0, 0.05) is 15.6 Å². The summed E-state index contributed by atoms with van der Waals surface area (Å²) >= 11 is 12.2. The monoisotopic (exact) mass is 548 g/mol. The summed E-state index contributed by atoms with van der Waals surface area (Å²) in [6.45, 7) is 2.95. The predicted molar refractivity (Wildman–Crippen MR) is 151 cm³/mol. The van der Waals surface area contributed by atoms with Crippen molar-refractivity contribution in [3.63, 3.8) is 0 Å². The number of ether oxygens (including phenoxy) is 3. The lowest BCUT2D eigenvalue weighted by atomic mass is 10.2. The highest BCUT2D eigenvalue weighted by molar-refractivity contribution is 6.35. The minimum absolute atomic E-state index is 0.255. The van der Waals surface area contributed by atoms with Gasteiger partial charge in [0.15, 0.2) is 11.5 Å². The van der Waals surface area contributed by atoms with Crippen molar-refractivity contribution in [2.75, 3.05) is 6.61 Å². The summed E-state index contributed by atoms with van der Waals surface area (Å²) in [7, 11) is 0. The van der Waals surface area contributed by atoms with Crippen molar-refractivity contribution >= 4 is 35.3 Å². The van der Waals surface area contributed by atoms with E-state index in [2.05, 4.69) is 10.5 Å². The number of benzene rings is 4. The fraction of sp³-hybridized carbons (Fsp3) is 0.133. The average molecular weight is 549 g/mol. The maximum Gasteiger partial charge on any atom is 0.275 e. The van der Waals surface area contributed by atoms with Crippen LogP contribution in [-0.4, -0.2) is 18.7 Å². The number of halogens is 2. The Morgan fingerprint density at radius 3 is 2.37 bits per heavy atom. The normalized spacial score (nSPS) is 10.8. The van der Waals surface area contributed by atoms with Gasteiger partial charge in [-0.15, -0.1) is 0 Å². The Morgan fingerprint density at radius 2 is 1.58 bits per heavy atom. The smallest absolute Gasteiger partial charge is 0.275 e. The van der Waals surface area contributed by atoms with Gasteiger partial charge in [-0.3, -0.25) is 4.79 Å². The average Bonchev–Trinajstić information content (AvgIpc) is 2.93. The topological polar surface area (TPSA) is 69.2 Å². The summed E-state index contributed by atoms with van der Waals surface area (Å²) in [5, 5.41) is 5.21. The first-order valence-electron chi connectivity index (χ1n) is 12.0. The lowest BCUT2D eigenvalue weighted by Crippen LogP contribution is -2.18. The molecule has 4 aromatic rings. The van der Waals surface area contributed by atoms with Crippen molar-refractivity contribution in [1.82, 2.24) is 5.43 Å². The van der Waals surface area contributed by atoms with Gasteiger partial charge in [0.05, 0.1) is 18.4 Å². The van der Waals surface area contributed by atoms with Crippen LogP contribution >= 0.6 is 23.2 Å². The first-order valence-corrected chi connectivity index (χ1v) is 12.7. The molecular formula is C30H26Cl2N2O4. The van der Waals surface area contributed by atoms with E-state index in [0.717, 1.165) is 16.7 Å². The molecule has 0 spiro atoms. The summed E-state index contributed by atoms with van der Waals surface area (Å²) in [6.07, 6.45) is 1.54. The molecule has 1 N–H and O–H groups in total. The Bertz CT molecular complexity index is 1410. The van der Waals surface area contributed by atoms with Crippen molar-refractivity contribution < 1.29 is 19.0 Å². The molecule has 0 saturated heterocycles. The van der Waals surface area contributed by atoms with E-state index in [1.54, 1.807) is 42.5 Å². The molecule has 38 heavy (non-hydrogen) atoms. The first-order chi connectivity index (χ1) is 18.5. The molecule has 0 bridgehead atoms. The second-order valence-electron chi connectivity index (χ2n) is 8.13. The summed E-state index contributed by atoms with van der Waals surface area (Å²) in [6, 6.07) is 27.4. The first kappa shape index (κ1) is 27.0. The largest absolute Gasteiger partial charge is 0.490 e. The Balaban J connectivity index is 1.39. The SMILES string of the molecule is CCOc1cc(/C=N/NC(=O)c2ccccc2OCc2ccccc2)ccc1OCc1ccc(Cl)cc1Cl. The number of nitrogens with zero attached hydrogens (tertiary/aromatic N) is 1. The Labute approximate surface area is 231 Å². The van der Waals surface area contributed by atoms with Gasteiger partial charge in [0.25, 0.3) is 5.91 Å². The molecular weight excluding hydrogens is 523 g/mol. The van der Waals surface area contributed by atoms with Crippen LogP contribution in [0.15, 0.2) is 96.1 Å². The van der Waals surface area contributed by atoms with Crippen molar-refractivity contribution in [1.29, 1.82) is 0 Å². The number of hydrogen-bond donors (Lipinski definition) is 1. The van der Waals surface area contributed by atoms with E-state index in [1.165, 1.54) is 6.21 Å². The highest BCUT2D eigenvalue weighted by atomic mass is 35.5. The molecule has 0 saturated carbocycles. The maximum absolute atomic E-state index is 12.8. The van der Waals surface area contributed by atoms with Gasteiger partial charge in [0.1, 0.15) is 19.0 Å². The maximum atomic E-state index is 12.8. The standard InChI is InChI=1S/C30H26Cl2N2O4/c1-2-36-29-16-22(12-15-28(29)38-20-23-13-14-24(31)17-26(23)32)18-33-34-30(35)25-10-6-7-11-27(25)37-19-21-8-4-3-5-9-21/h3-18H,2,19-20H2,1H3,(H,34,35)/b33-18+. The molecule has 0 unspecified atom stereocenters. The number of carbonyl (C=O) groups is 1. The summed E-state index contributed by atoms with van der Waals surface area (Å²) in [5.74, 6) is 1.20. The Morgan fingerprint density at radius 1 is 0.816 bits per heavy atom. The molecule has 194 valence electrons. The lowest BCUT2D eigenvalue weighted by molar-refractivity contribution is 0.0950. The third kappa shape index (κ3) is 7.51. The van der Waals surface area contributed by atoms with E-state index in [0.29, 0.717) is 46.1 Å². The number of hydrogen-bond acceptors (Lipinski definition) is 5. The molecule has 6 nitrogen and oxygen atoms in total. The van der Waals surface area contributed by atoms with Crippen LogP contribution in [-0.2, 0) is 13.2 Å². The molecule has 8 heteroatoms. The van der Waals surface area contributed by atoms with Crippen LogP contribution in [0.4, 0.5) is 0 Å². The highest BCUT2D eigenvalue weighted by Gasteiger charge is 2.12. The molecule has 0 fully saturated rings. The highest BCUT2D eigenvalue weighted by Crippen LogP contribution is 2.30. The number of carbonyl (C=O) groups excluding carboxylic acids is 1. The van der Waals surface area contributed by atoms with Crippen LogP contribution in [0, 0.1) is 0 Å². The minimum atomic E-state index is -0.380. The molecule has 0 aliphatic heterocycles. The van der Waals surface area contributed by atoms with Gasteiger partial charge in [-0.25, -0.2) is 5.43 Å². The minimum Gasteiger partial charge on any atom is -0.490 e. The van der Waals surface area contributed by atoms with Crippen LogP contribution < -0.4 is 19.6 Å². The number of amides is 1. The van der Waals surface area contributed by atoms with Crippen LogP contribution in [0.5, 0.6) is 17.2 Å². The number of para-hydroxylation sites is 1. The van der Waals surface area contributed by atoms with Crippen LogP contribution in [0.2, 0.25) is 10.0 Å².